The van der Waals surface area contributed by atoms with Crippen molar-refractivity contribution < 1.29 is 19.2 Å². The van der Waals surface area contributed by atoms with Crippen molar-refractivity contribution in [2.24, 2.45) is 29.1 Å². The van der Waals surface area contributed by atoms with Crippen LogP contribution in [0.5, 0.6) is 0 Å². The number of amides is 4. The normalized spacial score (nSPS) is 35.1. The number of fused-ring (bicyclic) bond motifs is 4. The molecule has 4 amide bonds. The largest absolute Gasteiger partial charge is 0.356 e. The number of piperidine rings is 1. The van der Waals surface area contributed by atoms with Gasteiger partial charge in [-0.05, 0) is 48.5 Å². The second-order valence-corrected chi connectivity index (χ2v) is 11.3. The quantitative estimate of drug-likeness (QED) is 0.523. The van der Waals surface area contributed by atoms with Gasteiger partial charge in [-0.15, -0.1) is 0 Å². The van der Waals surface area contributed by atoms with E-state index >= 15 is 0 Å². The van der Waals surface area contributed by atoms with Crippen LogP contribution in [-0.4, -0.2) is 69.7 Å². The van der Waals surface area contributed by atoms with Crippen LogP contribution >= 0.6 is 0 Å². The number of carbonyl (C=O) groups is 4. The minimum absolute atomic E-state index is 0.0237. The number of nitrogens with zero attached hydrogens (tertiary/aromatic N) is 4. The van der Waals surface area contributed by atoms with Gasteiger partial charge in [-0.2, -0.15) is 5.26 Å². The van der Waals surface area contributed by atoms with Crippen LogP contribution in [0.2, 0.25) is 0 Å². The van der Waals surface area contributed by atoms with E-state index in [2.05, 4.69) is 45.8 Å². The first-order chi connectivity index (χ1) is 17.7. The zero-order valence-corrected chi connectivity index (χ0v) is 21.1. The zero-order chi connectivity index (χ0) is 26.3. The molecule has 11 heteroatoms. The summed E-state index contributed by atoms with van der Waals surface area (Å²) in [5.74, 6) is -1.34. The van der Waals surface area contributed by atoms with Gasteiger partial charge in [-0.3, -0.25) is 19.2 Å². The summed E-state index contributed by atoms with van der Waals surface area (Å²) in [5.41, 5.74) is 0.0693. The van der Waals surface area contributed by atoms with Gasteiger partial charge in [0, 0.05) is 25.2 Å². The smallest absolute Gasteiger partial charge is 0.270 e. The Balaban J connectivity index is 1.42. The van der Waals surface area contributed by atoms with Crippen molar-refractivity contribution in [3.63, 3.8) is 0 Å². The Labute approximate surface area is 215 Å². The molecule has 4 aliphatic rings. The molecule has 3 saturated heterocycles. The van der Waals surface area contributed by atoms with E-state index in [1.54, 1.807) is 4.90 Å². The van der Waals surface area contributed by atoms with Crippen LogP contribution in [0.3, 0.4) is 0 Å². The average molecular weight is 508 g/mol. The van der Waals surface area contributed by atoms with Gasteiger partial charge < -0.3 is 20.9 Å². The molecule has 11 nitrogen and oxygen atoms in total. The molecule has 196 valence electrons. The summed E-state index contributed by atoms with van der Waals surface area (Å²) in [6, 6.07) is 1.28. The monoisotopic (exact) mass is 507 g/mol. The maximum absolute atomic E-state index is 13.8. The third-order valence-corrected chi connectivity index (χ3v) is 8.90. The first-order valence-corrected chi connectivity index (χ1v) is 13.1. The molecule has 0 radical (unpaired) electrons. The molecule has 4 fully saturated rings. The molecule has 1 aromatic heterocycles. The molecular formula is C26H33N7O4. The number of hydrogen-bond acceptors (Lipinski definition) is 7. The molecule has 1 unspecified atom stereocenters. The number of hydrogen-bond donors (Lipinski definition) is 3. The fraction of sp³-hybridized carbons (Fsp3) is 0.654. The van der Waals surface area contributed by atoms with Crippen LogP contribution in [0.1, 0.15) is 56.4 Å². The van der Waals surface area contributed by atoms with E-state index < -0.39 is 24.0 Å². The van der Waals surface area contributed by atoms with Crippen LogP contribution in [0, 0.1) is 40.4 Å². The lowest BCUT2D eigenvalue weighted by Gasteiger charge is -2.34. The number of carbonyl (C=O) groups excluding carboxylic acids is 4. The predicted octanol–water partition coefficient (Wildman–Crippen LogP) is 0.393. The molecule has 1 saturated carbocycles. The van der Waals surface area contributed by atoms with Gasteiger partial charge in [0.15, 0.2) is 0 Å². The standard InChI is InChI=1S/C26H33N7O4/c1-26(2)17-12-33-21(20(17)26)24(36)31-15(10-27)9-16-14(11-29-22(16)34)5-3-4-6-19(25(33)37)32-23(35)18-7-8-28-13-30-18/h7-8,13-17,19-21H,3-6,9,11-12H2,1-2H3,(H,29,34)(H,31,36)(H,32,35)/t14-,15-,16-,17?,19-,20-,21-/m0/s1. The summed E-state index contributed by atoms with van der Waals surface area (Å²) in [6.45, 7) is 5.15. The maximum Gasteiger partial charge on any atom is 0.270 e. The highest BCUT2D eigenvalue weighted by Gasteiger charge is 2.69. The number of rotatable bonds is 2. The first kappa shape index (κ1) is 25.1. The van der Waals surface area contributed by atoms with Crippen molar-refractivity contribution in [2.45, 2.75) is 64.1 Å². The molecule has 1 aliphatic carbocycles. The number of aromatic nitrogens is 2. The molecule has 1 aromatic rings. The molecule has 5 rings (SSSR count). The molecule has 3 N–H and O–H groups in total. The Hall–Kier alpha value is -3.55. The van der Waals surface area contributed by atoms with E-state index in [0.29, 0.717) is 25.9 Å². The minimum atomic E-state index is -0.821. The van der Waals surface area contributed by atoms with Gasteiger partial charge in [0.05, 0.1) is 6.07 Å². The Bertz CT molecular complexity index is 1130. The Morgan fingerprint density at radius 1 is 1.22 bits per heavy atom. The van der Waals surface area contributed by atoms with Gasteiger partial charge in [0.25, 0.3) is 5.91 Å². The number of nitriles is 1. The summed E-state index contributed by atoms with van der Waals surface area (Å²) in [6.07, 6.45) is 5.61. The topological polar surface area (TPSA) is 157 Å². The van der Waals surface area contributed by atoms with Crippen LogP contribution in [0.4, 0.5) is 0 Å². The highest BCUT2D eigenvalue weighted by Crippen LogP contribution is 2.65. The van der Waals surface area contributed by atoms with Crippen molar-refractivity contribution in [3.05, 3.63) is 24.3 Å². The summed E-state index contributed by atoms with van der Waals surface area (Å²) < 4.78 is 0. The van der Waals surface area contributed by atoms with Crippen molar-refractivity contribution in [1.29, 1.82) is 5.26 Å². The van der Waals surface area contributed by atoms with Crippen molar-refractivity contribution in [3.8, 4) is 6.07 Å². The predicted molar refractivity (Wildman–Crippen MR) is 130 cm³/mol. The van der Waals surface area contributed by atoms with E-state index in [0.717, 1.165) is 12.8 Å². The molecular weight excluding hydrogens is 474 g/mol. The fourth-order valence-electron chi connectivity index (χ4n) is 6.66. The molecule has 0 bridgehead atoms. The molecule has 37 heavy (non-hydrogen) atoms. The fourth-order valence-corrected chi connectivity index (χ4v) is 6.66. The zero-order valence-electron chi connectivity index (χ0n) is 21.1. The third-order valence-electron chi connectivity index (χ3n) is 8.90. The summed E-state index contributed by atoms with van der Waals surface area (Å²) in [7, 11) is 0. The Kier molecular flexibility index (Phi) is 6.60. The lowest BCUT2D eigenvalue weighted by Crippen LogP contribution is -2.57. The lowest BCUT2D eigenvalue weighted by atomic mass is 9.85. The van der Waals surface area contributed by atoms with E-state index in [-0.39, 0.29) is 58.9 Å². The first-order valence-electron chi connectivity index (χ1n) is 13.1. The van der Waals surface area contributed by atoms with Gasteiger partial charge in [0.2, 0.25) is 17.7 Å². The minimum Gasteiger partial charge on any atom is -0.356 e. The SMILES string of the molecule is CC1(C)C2CN3C(=O)[C@@H](NC(=O)c4ccncn4)CCCC[C@H]4CNC(=O)[C@H]4C[C@@H](C#N)NC(=O)[C@@H]3[C@H]21. The highest BCUT2D eigenvalue weighted by molar-refractivity contribution is 5.97. The molecule has 7 atom stereocenters. The van der Waals surface area contributed by atoms with Gasteiger partial charge in [-0.25, -0.2) is 9.97 Å². The lowest BCUT2D eigenvalue weighted by molar-refractivity contribution is -0.142. The average Bonchev–Trinajstić information content (AvgIpc) is 3.20. The highest BCUT2D eigenvalue weighted by atomic mass is 16.2. The summed E-state index contributed by atoms with van der Waals surface area (Å²) in [4.78, 5) is 62.3. The van der Waals surface area contributed by atoms with Crippen LogP contribution < -0.4 is 16.0 Å². The van der Waals surface area contributed by atoms with Crippen molar-refractivity contribution in [1.82, 2.24) is 30.8 Å². The Morgan fingerprint density at radius 2 is 2.00 bits per heavy atom. The van der Waals surface area contributed by atoms with Gasteiger partial charge in [-0.1, -0.05) is 26.7 Å². The van der Waals surface area contributed by atoms with Crippen molar-refractivity contribution >= 4 is 23.6 Å². The second-order valence-electron chi connectivity index (χ2n) is 11.3. The molecule has 3 aliphatic heterocycles. The number of nitrogens with one attached hydrogen (secondary N) is 3. The Morgan fingerprint density at radius 3 is 2.73 bits per heavy atom. The van der Waals surface area contributed by atoms with E-state index in [9.17, 15) is 24.4 Å². The van der Waals surface area contributed by atoms with Gasteiger partial charge >= 0.3 is 0 Å². The van der Waals surface area contributed by atoms with Crippen LogP contribution in [0.15, 0.2) is 18.6 Å². The molecule has 0 spiro atoms. The van der Waals surface area contributed by atoms with Crippen LogP contribution in [0.25, 0.3) is 0 Å². The van der Waals surface area contributed by atoms with E-state index in [4.69, 9.17) is 0 Å². The van der Waals surface area contributed by atoms with E-state index in [1.807, 2.05) is 0 Å². The van der Waals surface area contributed by atoms with Crippen molar-refractivity contribution in [2.75, 3.05) is 13.1 Å². The molecule has 0 aromatic carbocycles. The van der Waals surface area contributed by atoms with Gasteiger partial charge in [0.1, 0.15) is 30.1 Å². The second kappa shape index (κ2) is 9.72. The summed E-state index contributed by atoms with van der Waals surface area (Å²) in [5, 5.41) is 18.4. The van der Waals surface area contributed by atoms with E-state index in [1.165, 1.54) is 18.6 Å². The summed E-state index contributed by atoms with van der Waals surface area (Å²) >= 11 is 0. The van der Waals surface area contributed by atoms with Crippen LogP contribution in [-0.2, 0) is 14.4 Å². The maximum atomic E-state index is 13.8. The third kappa shape index (κ3) is 4.65. The molecule has 4 heterocycles.